The molecule has 0 aromatic rings. The molecule has 0 saturated carbocycles. The molecular weight excluding hydrogens is 274 g/mol. The third-order valence-corrected chi connectivity index (χ3v) is 0. The standard InChI is InChI=1S/Cr.H3N.2H2O4S.H2O/c;;2*1-5(2,3)4;/h;1H3;2*(H2,1,2,3,4);1H2/q+3;;;;/p-3. The SMILES string of the molecule is O.O=S(=O)([O-])[O-].O=S(=O)([O-])[O-].[Cr+3].[NH4+]. The second-order valence-electron chi connectivity index (χ2n) is 0.816. The van der Waals surface area contributed by atoms with E-state index in [1.807, 2.05) is 0 Å². The Morgan fingerprint density at radius 2 is 0.692 bits per heavy atom. The zero-order valence-corrected chi connectivity index (χ0v) is 8.90. The largest absolute Gasteiger partial charge is 3.00 e. The zero-order valence-electron chi connectivity index (χ0n) is 5.99. The summed E-state index contributed by atoms with van der Waals surface area (Å²) in [6, 6.07) is 0. The summed E-state index contributed by atoms with van der Waals surface area (Å²) in [5.74, 6) is 0. The molecular formula is H6CrNO9S2. The van der Waals surface area contributed by atoms with Gasteiger partial charge in [-0.1, -0.05) is 0 Å². The summed E-state index contributed by atoms with van der Waals surface area (Å²) < 4.78 is 68.2. The van der Waals surface area contributed by atoms with Crippen LogP contribution in [-0.2, 0) is 38.2 Å². The van der Waals surface area contributed by atoms with Gasteiger partial charge in [0.2, 0.25) is 0 Å². The fraction of sp³-hybridized carbons (Fsp3) is 0. The van der Waals surface area contributed by atoms with Gasteiger partial charge in [-0.2, -0.15) is 0 Å². The Bertz CT molecular complexity index is 214. The Morgan fingerprint density at radius 1 is 0.692 bits per heavy atom. The van der Waals surface area contributed by atoms with Gasteiger partial charge in [0, 0.05) is 20.8 Å². The van der Waals surface area contributed by atoms with Crippen molar-refractivity contribution in [2.45, 2.75) is 0 Å². The predicted molar refractivity (Wildman–Crippen MR) is 30.5 cm³/mol. The Morgan fingerprint density at radius 3 is 0.692 bits per heavy atom. The summed E-state index contributed by atoms with van der Waals surface area (Å²) in [5.41, 5.74) is 0. The van der Waals surface area contributed by atoms with Gasteiger partial charge in [-0.15, -0.1) is 0 Å². The van der Waals surface area contributed by atoms with E-state index in [0.29, 0.717) is 0 Å². The molecule has 0 aliphatic rings. The molecule has 0 aliphatic carbocycles. The predicted octanol–water partition coefficient (Wildman–Crippen LogP) is -3.13. The Hall–Kier alpha value is 0.192. The van der Waals surface area contributed by atoms with Crippen LogP contribution >= 0.6 is 0 Å². The van der Waals surface area contributed by atoms with Crippen molar-refractivity contribution in [3.63, 3.8) is 0 Å². The van der Waals surface area contributed by atoms with Gasteiger partial charge in [0.15, 0.2) is 0 Å². The minimum Gasteiger partial charge on any atom is -0.759 e. The van der Waals surface area contributed by atoms with E-state index < -0.39 is 20.8 Å². The van der Waals surface area contributed by atoms with Crippen molar-refractivity contribution < 1.29 is 57.9 Å². The quantitative estimate of drug-likeness (QED) is 0.351. The molecule has 0 spiro atoms. The van der Waals surface area contributed by atoms with Crippen LogP contribution in [0.5, 0.6) is 0 Å². The van der Waals surface area contributed by atoms with Crippen LogP contribution in [0.1, 0.15) is 0 Å². The molecule has 1 radical (unpaired) electrons. The molecule has 13 heteroatoms. The average Bonchev–Trinajstić information content (AvgIpc) is 1.12. The topological polar surface area (TPSA) is 229 Å². The van der Waals surface area contributed by atoms with Crippen LogP contribution in [0.25, 0.3) is 0 Å². The van der Waals surface area contributed by atoms with E-state index in [4.69, 9.17) is 35.0 Å². The normalized spacial score (nSPS) is 8.92. The van der Waals surface area contributed by atoms with Gasteiger partial charge in [0.25, 0.3) is 0 Å². The number of rotatable bonds is 0. The van der Waals surface area contributed by atoms with Gasteiger partial charge in [0.1, 0.15) is 0 Å². The zero-order chi connectivity index (χ0) is 9.00. The van der Waals surface area contributed by atoms with Gasteiger partial charge in [-0.05, 0) is 0 Å². The number of quaternary nitrogens is 1. The van der Waals surface area contributed by atoms with Crippen LogP contribution in [0.15, 0.2) is 0 Å². The molecule has 83 valence electrons. The van der Waals surface area contributed by atoms with E-state index in [1.54, 1.807) is 0 Å². The van der Waals surface area contributed by atoms with Crippen molar-refractivity contribution in [2.75, 3.05) is 0 Å². The fourth-order valence-electron chi connectivity index (χ4n) is 0. The van der Waals surface area contributed by atoms with Crippen molar-refractivity contribution in [1.82, 2.24) is 6.15 Å². The van der Waals surface area contributed by atoms with Crippen LogP contribution in [0.4, 0.5) is 0 Å². The van der Waals surface area contributed by atoms with Gasteiger partial charge >= 0.3 is 17.4 Å². The van der Waals surface area contributed by atoms with Crippen molar-refractivity contribution in [1.29, 1.82) is 0 Å². The third-order valence-electron chi connectivity index (χ3n) is 0. The first-order valence-corrected chi connectivity index (χ1v) is 4.00. The third kappa shape index (κ3) is 34200. The maximum atomic E-state index is 8.52. The van der Waals surface area contributed by atoms with Gasteiger partial charge in [0.05, 0.1) is 0 Å². The summed E-state index contributed by atoms with van der Waals surface area (Å²) in [6.45, 7) is 0. The average molecular weight is 280 g/mol. The molecule has 0 unspecified atom stereocenters. The fourth-order valence-corrected chi connectivity index (χ4v) is 0. The summed E-state index contributed by atoms with van der Waals surface area (Å²) in [5, 5.41) is 0. The monoisotopic (exact) mass is 280 g/mol. The molecule has 6 N–H and O–H groups in total. The van der Waals surface area contributed by atoms with Gasteiger partial charge in [-0.3, -0.25) is 16.8 Å². The van der Waals surface area contributed by atoms with E-state index in [0.717, 1.165) is 0 Å². The van der Waals surface area contributed by atoms with Crippen molar-refractivity contribution in [3.05, 3.63) is 0 Å². The first kappa shape index (κ1) is 29.2. The van der Waals surface area contributed by atoms with E-state index in [9.17, 15) is 0 Å². The molecule has 0 aliphatic heterocycles. The summed E-state index contributed by atoms with van der Waals surface area (Å²) >= 11 is 0. The molecule has 0 fully saturated rings. The smallest absolute Gasteiger partial charge is 0.759 e. The summed E-state index contributed by atoms with van der Waals surface area (Å²) in [7, 11) is -10.3. The molecule has 0 saturated heterocycles. The van der Waals surface area contributed by atoms with Gasteiger partial charge < -0.3 is 29.8 Å². The number of hydrogen-bond acceptors (Lipinski definition) is 8. The molecule has 0 aromatic carbocycles. The van der Waals surface area contributed by atoms with Crippen molar-refractivity contribution >= 4 is 20.8 Å². The molecule has 0 heterocycles. The minimum absolute atomic E-state index is 0. The molecule has 0 aromatic heterocycles. The molecule has 0 amide bonds. The van der Waals surface area contributed by atoms with Gasteiger partial charge in [-0.25, -0.2) is 0 Å². The van der Waals surface area contributed by atoms with E-state index in [-0.39, 0.29) is 29.0 Å². The van der Waals surface area contributed by atoms with Crippen LogP contribution in [0, 0.1) is 0 Å². The first-order chi connectivity index (χ1) is 4.00. The van der Waals surface area contributed by atoms with Crippen molar-refractivity contribution in [2.24, 2.45) is 0 Å². The Labute approximate surface area is 85.1 Å². The number of hydrogen-bond donors (Lipinski definition) is 1. The van der Waals surface area contributed by atoms with E-state index in [2.05, 4.69) is 0 Å². The van der Waals surface area contributed by atoms with Crippen LogP contribution < -0.4 is 6.15 Å². The summed E-state index contributed by atoms with van der Waals surface area (Å²) in [4.78, 5) is 0. The second-order valence-corrected chi connectivity index (χ2v) is 2.45. The first-order valence-electron chi connectivity index (χ1n) is 1.33. The minimum atomic E-state index is -5.17. The van der Waals surface area contributed by atoms with E-state index in [1.165, 1.54) is 0 Å². The maximum Gasteiger partial charge on any atom is 3.00 e. The van der Waals surface area contributed by atoms with Crippen LogP contribution in [0.3, 0.4) is 0 Å². The van der Waals surface area contributed by atoms with Crippen molar-refractivity contribution in [3.8, 4) is 0 Å². The molecule has 0 rings (SSSR count). The molecule has 0 atom stereocenters. The van der Waals surface area contributed by atoms with E-state index >= 15 is 0 Å². The molecule has 13 heavy (non-hydrogen) atoms. The van der Waals surface area contributed by atoms with Crippen LogP contribution in [0.2, 0.25) is 0 Å². The second kappa shape index (κ2) is 10.3. The van der Waals surface area contributed by atoms with Crippen LogP contribution in [-0.4, -0.2) is 40.5 Å². The Kier molecular flexibility index (Phi) is 23.1. The molecule has 0 bridgehead atoms. The Balaban J connectivity index is -0.0000000267. The summed E-state index contributed by atoms with van der Waals surface area (Å²) in [6.07, 6.45) is 0. The molecule has 10 nitrogen and oxygen atoms in total. The maximum absolute atomic E-state index is 8.52.